The minimum atomic E-state index is -2.93. The molecule has 2 N–H and O–H groups in total. The maximum Gasteiger partial charge on any atom is 0.266 e. The van der Waals surface area contributed by atoms with Gasteiger partial charge in [-0.2, -0.15) is 0 Å². The van der Waals surface area contributed by atoms with E-state index in [1.54, 1.807) is 4.90 Å². The monoisotopic (exact) mass is 300 g/mol. The fourth-order valence-electron chi connectivity index (χ4n) is 2.65. The van der Waals surface area contributed by atoms with Gasteiger partial charge in [0.1, 0.15) is 5.82 Å². The molecule has 1 aromatic carbocycles. The number of nitrogens with two attached hydrogens (primary N) is 1. The van der Waals surface area contributed by atoms with Crippen LogP contribution in [-0.4, -0.2) is 29.9 Å². The summed E-state index contributed by atoms with van der Waals surface area (Å²) in [6.07, 6.45) is -1.33. The molecule has 0 spiro atoms. The number of carbonyl (C=O) groups is 1. The summed E-state index contributed by atoms with van der Waals surface area (Å²) in [4.78, 5) is 13.9. The first-order valence-corrected chi connectivity index (χ1v) is 7.02. The van der Waals surface area contributed by atoms with Gasteiger partial charge in [-0.1, -0.05) is 0 Å². The third kappa shape index (κ3) is 3.56. The van der Waals surface area contributed by atoms with Gasteiger partial charge >= 0.3 is 0 Å². The summed E-state index contributed by atoms with van der Waals surface area (Å²) in [5.74, 6) is -0.948. The summed E-state index contributed by atoms with van der Waals surface area (Å²) in [6.45, 7) is 3.04. The first kappa shape index (κ1) is 15.8. The second kappa shape index (κ2) is 6.47. The maximum absolute atomic E-state index is 13.2. The summed E-state index contributed by atoms with van der Waals surface area (Å²) in [7, 11) is 0. The second-order valence-electron chi connectivity index (χ2n) is 5.53. The lowest BCUT2D eigenvalue weighted by atomic mass is 9.90. The second-order valence-corrected chi connectivity index (χ2v) is 5.53. The van der Waals surface area contributed by atoms with Crippen LogP contribution in [0.5, 0.6) is 0 Å². The van der Waals surface area contributed by atoms with E-state index in [0.29, 0.717) is 19.0 Å². The first-order chi connectivity index (χ1) is 9.90. The molecule has 1 aliphatic heterocycles. The SMILES string of the molecule is CC(N)C1CCN(C(=O)c2ccc(F)c(C(F)F)c2)CC1. The number of benzene rings is 1. The Hall–Kier alpha value is -1.56. The van der Waals surface area contributed by atoms with Crippen molar-refractivity contribution in [3.8, 4) is 0 Å². The van der Waals surface area contributed by atoms with E-state index in [9.17, 15) is 18.0 Å². The van der Waals surface area contributed by atoms with Crippen molar-refractivity contribution in [1.29, 1.82) is 0 Å². The van der Waals surface area contributed by atoms with Gasteiger partial charge in [-0.05, 0) is 43.9 Å². The molecule has 0 bridgehead atoms. The van der Waals surface area contributed by atoms with E-state index >= 15 is 0 Å². The van der Waals surface area contributed by atoms with E-state index in [1.807, 2.05) is 6.92 Å². The van der Waals surface area contributed by atoms with E-state index in [1.165, 1.54) is 6.07 Å². The van der Waals surface area contributed by atoms with Crippen LogP contribution in [0.1, 0.15) is 42.1 Å². The Morgan fingerprint density at radius 1 is 1.33 bits per heavy atom. The van der Waals surface area contributed by atoms with E-state index < -0.39 is 17.8 Å². The zero-order valence-corrected chi connectivity index (χ0v) is 11.9. The van der Waals surface area contributed by atoms with Crippen LogP contribution in [0.3, 0.4) is 0 Å². The van der Waals surface area contributed by atoms with Crippen molar-refractivity contribution in [3.63, 3.8) is 0 Å². The lowest BCUT2D eigenvalue weighted by molar-refractivity contribution is 0.0680. The number of likely N-dealkylation sites (tertiary alicyclic amines) is 1. The molecule has 1 aromatic rings. The van der Waals surface area contributed by atoms with Gasteiger partial charge in [0.2, 0.25) is 0 Å². The lowest BCUT2D eigenvalue weighted by Gasteiger charge is -2.33. The van der Waals surface area contributed by atoms with Crippen LogP contribution in [0.25, 0.3) is 0 Å². The van der Waals surface area contributed by atoms with Gasteiger partial charge in [-0.25, -0.2) is 13.2 Å². The molecular weight excluding hydrogens is 281 g/mol. The Kier molecular flexibility index (Phi) is 4.88. The lowest BCUT2D eigenvalue weighted by Crippen LogP contribution is -2.42. The Morgan fingerprint density at radius 3 is 2.48 bits per heavy atom. The highest BCUT2D eigenvalue weighted by Crippen LogP contribution is 2.25. The number of piperidine rings is 1. The molecule has 0 radical (unpaired) electrons. The molecular formula is C15H19F3N2O. The van der Waals surface area contributed by atoms with Crippen molar-refractivity contribution in [3.05, 3.63) is 35.1 Å². The molecule has 21 heavy (non-hydrogen) atoms. The third-order valence-electron chi connectivity index (χ3n) is 4.05. The van der Waals surface area contributed by atoms with E-state index in [-0.39, 0.29) is 17.5 Å². The largest absolute Gasteiger partial charge is 0.339 e. The van der Waals surface area contributed by atoms with Crippen molar-refractivity contribution in [1.82, 2.24) is 4.90 Å². The predicted molar refractivity (Wildman–Crippen MR) is 73.6 cm³/mol. The van der Waals surface area contributed by atoms with Gasteiger partial charge < -0.3 is 10.6 Å². The molecule has 6 heteroatoms. The van der Waals surface area contributed by atoms with Gasteiger partial charge in [-0.15, -0.1) is 0 Å². The Bertz CT molecular complexity index is 512. The molecule has 0 saturated carbocycles. The normalized spacial score (nSPS) is 18.1. The maximum atomic E-state index is 13.2. The topological polar surface area (TPSA) is 46.3 Å². The minimum Gasteiger partial charge on any atom is -0.339 e. The number of alkyl halides is 2. The minimum absolute atomic E-state index is 0.0820. The number of carbonyl (C=O) groups excluding carboxylic acids is 1. The van der Waals surface area contributed by atoms with E-state index in [4.69, 9.17) is 5.73 Å². The van der Waals surface area contributed by atoms with Crippen molar-refractivity contribution >= 4 is 5.91 Å². The molecule has 1 unspecified atom stereocenters. The number of halogens is 3. The average molecular weight is 300 g/mol. The van der Waals surface area contributed by atoms with Crippen molar-refractivity contribution in [2.24, 2.45) is 11.7 Å². The molecule has 0 aliphatic carbocycles. The highest BCUT2D eigenvalue weighted by molar-refractivity contribution is 5.94. The Balaban J connectivity index is 2.09. The first-order valence-electron chi connectivity index (χ1n) is 7.02. The smallest absolute Gasteiger partial charge is 0.266 e. The number of hydrogen-bond acceptors (Lipinski definition) is 2. The zero-order chi connectivity index (χ0) is 15.6. The fourth-order valence-corrected chi connectivity index (χ4v) is 2.65. The number of nitrogens with zero attached hydrogens (tertiary/aromatic N) is 1. The molecule has 1 heterocycles. The molecule has 3 nitrogen and oxygen atoms in total. The summed E-state index contributed by atoms with van der Waals surface area (Å²) in [5.41, 5.74) is 5.21. The summed E-state index contributed by atoms with van der Waals surface area (Å²) >= 11 is 0. The van der Waals surface area contributed by atoms with Crippen molar-refractivity contribution in [2.75, 3.05) is 13.1 Å². The number of hydrogen-bond donors (Lipinski definition) is 1. The highest BCUT2D eigenvalue weighted by atomic mass is 19.3. The quantitative estimate of drug-likeness (QED) is 0.933. The fraction of sp³-hybridized carbons (Fsp3) is 0.533. The van der Waals surface area contributed by atoms with Crippen molar-refractivity contribution < 1.29 is 18.0 Å². The summed E-state index contributed by atoms with van der Waals surface area (Å²) in [6, 6.07) is 3.20. The Labute approximate surface area is 121 Å². The Morgan fingerprint density at radius 2 is 1.95 bits per heavy atom. The molecule has 1 saturated heterocycles. The van der Waals surface area contributed by atoms with Gasteiger partial charge in [0.05, 0.1) is 5.56 Å². The van der Waals surface area contributed by atoms with Crippen molar-refractivity contribution in [2.45, 2.75) is 32.2 Å². The molecule has 1 fully saturated rings. The number of rotatable bonds is 3. The van der Waals surface area contributed by atoms with Crippen LogP contribution < -0.4 is 5.73 Å². The van der Waals surface area contributed by atoms with Crippen LogP contribution >= 0.6 is 0 Å². The van der Waals surface area contributed by atoms with Gasteiger partial charge in [-0.3, -0.25) is 4.79 Å². The van der Waals surface area contributed by atoms with Gasteiger partial charge in [0.25, 0.3) is 12.3 Å². The van der Waals surface area contributed by atoms with Gasteiger partial charge in [0, 0.05) is 24.7 Å². The molecule has 116 valence electrons. The summed E-state index contributed by atoms with van der Waals surface area (Å²) < 4.78 is 38.6. The molecule has 1 amide bonds. The molecule has 1 atom stereocenters. The number of amides is 1. The average Bonchev–Trinajstić information content (AvgIpc) is 2.46. The molecule has 0 aromatic heterocycles. The molecule has 1 aliphatic rings. The zero-order valence-electron chi connectivity index (χ0n) is 11.9. The molecule has 2 rings (SSSR count). The highest BCUT2D eigenvalue weighted by Gasteiger charge is 2.26. The van der Waals surface area contributed by atoms with Crippen LogP contribution in [0, 0.1) is 11.7 Å². The van der Waals surface area contributed by atoms with Crippen LogP contribution in [0.4, 0.5) is 13.2 Å². The third-order valence-corrected chi connectivity index (χ3v) is 4.05. The van der Waals surface area contributed by atoms with Crippen LogP contribution in [0.15, 0.2) is 18.2 Å². The standard InChI is InChI=1S/C15H19F3N2O/c1-9(19)10-4-6-20(7-5-10)15(21)11-2-3-13(16)12(8-11)14(17)18/h2-3,8-10,14H,4-7,19H2,1H3. The van der Waals surface area contributed by atoms with Crippen LogP contribution in [0.2, 0.25) is 0 Å². The van der Waals surface area contributed by atoms with E-state index in [2.05, 4.69) is 0 Å². The van der Waals surface area contributed by atoms with Gasteiger partial charge in [0.15, 0.2) is 0 Å². The van der Waals surface area contributed by atoms with Crippen LogP contribution in [-0.2, 0) is 0 Å². The van der Waals surface area contributed by atoms with E-state index in [0.717, 1.165) is 25.0 Å². The summed E-state index contributed by atoms with van der Waals surface area (Å²) in [5, 5.41) is 0. The predicted octanol–water partition coefficient (Wildman–Crippen LogP) is 2.96.